The third-order valence-corrected chi connectivity index (χ3v) is 1.09. The van der Waals surface area contributed by atoms with Gasteiger partial charge in [-0.05, 0) is 0 Å². The van der Waals surface area contributed by atoms with Crippen molar-refractivity contribution < 1.29 is 19.7 Å². The molecule has 0 aromatic heterocycles. The van der Waals surface area contributed by atoms with Gasteiger partial charge in [-0.2, -0.15) is 10.2 Å². The van der Waals surface area contributed by atoms with E-state index in [-0.39, 0.29) is 13.2 Å². The van der Waals surface area contributed by atoms with Gasteiger partial charge in [-0.1, -0.05) is 0 Å². The summed E-state index contributed by atoms with van der Waals surface area (Å²) in [5.41, 5.74) is 12.0. The second-order valence-corrected chi connectivity index (χ2v) is 2.46. The van der Waals surface area contributed by atoms with Crippen molar-refractivity contribution in [3.63, 3.8) is 0 Å². The van der Waals surface area contributed by atoms with Crippen LogP contribution in [0, 0.1) is 11.1 Å². The van der Waals surface area contributed by atoms with Gasteiger partial charge in [-0.15, -0.1) is 10.2 Å². The number of hydrogen-bond acceptors (Lipinski definition) is 10. The van der Waals surface area contributed by atoms with Gasteiger partial charge in [0.2, 0.25) is 0 Å². The third-order valence-electron chi connectivity index (χ3n) is 1.09. The van der Waals surface area contributed by atoms with Crippen LogP contribution in [-0.2, 0) is 9.47 Å². The Labute approximate surface area is 116 Å². The van der Waals surface area contributed by atoms with E-state index in [2.05, 4.69) is 32.1 Å². The summed E-state index contributed by atoms with van der Waals surface area (Å²) in [6.07, 6.45) is 1.89. The van der Waals surface area contributed by atoms with Crippen LogP contribution in [0.1, 0.15) is 0 Å². The molecule has 12 nitrogen and oxygen atoms in total. The minimum absolute atomic E-state index is 0.0417. The van der Waals surface area contributed by atoms with E-state index in [1.807, 2.05) is 0 Å². The van der Waals surface area contributed by atoms with Crippen LogP contribution in [0.15, 0.2) is 20.4 Å². The molecule has 118 valence electrons. The highest BCUT2D eigenvalue weighted by Gasteiger charge is 1.86. The van der Waals surface area contributed by atoms with E-state index >= 15 is 0 Å². The predicted molar refractivity (Wildman–Crippen MR) is 71.5 cm³/mol. The molecule has 12 heteroatoms. The lowest BCUT2D eigenvalue weighted by Crippen LogP contribution is -2.09. The first kappa shape index (κ1) is 23.1. The maximum absolute atomic E-state index is 8.26. The lowest BCUT2D eigenvalue weighted by Gasteiger charge is -2.01. The molecule has 0 unspecified atom stereocenters. The fraction of sp³-hybridized carbons (Fsp3) is 0.750. The molecule has 0 bridgehead atoms. The Kier molecular flexibility index (Phi) is 34.9. The number of nitrogens with one attached hydrogen (secondary N) is 2. The number of rotatable bonds is 9. The van der Waals surface area contributed by atoms with Crippen LogP contribution in [-0.4, -0.2) is 62.5 Å². The van der Waals surface area contributed by atoms with Gasteiger partial charge < -0.3 is 31.4 Å². The van der Waals surface area contributed by atoms with Gasteiger partial charge in [-0.3, -0.25) is 0 Å². The summed E-state index contributed by atoms with van der Waals surface area (Å²) < 4.78 is 9.75. The molecule has 0 aromatic rings. The van der Waals surface area contributed by atoms with Crippen LogP contribution in [0.5, 0.6) is 0 Å². The van der Waals surface area contributed by atoms with E-state index in [0.717, 1.165) is 12.7 Å². The van der Waals surface area contributed by atoms with Crippen molar-refractivity contribution in [2.24, 2.45) is 32.1 Å². The van der Waals surface area contributed by atoms with Gasteiger partial charge >= 0.3 is 0 Å². The molecule has 0 radical (unpaired) electrons. The molecule has 0 fully saturated rings. The molecule has 0 aliphatic heterocycles. The second kappa shape index (κ2) is 30.2. The number of hydrogen-bond donors (Lipinski definition) is 6. The van der Waals surface area contributed by atoms with Crippen molar-refractivity contribution in [3.05, 3.63) is 0 Å². The molecular formula is C8H22N8O4. The molecular weight excluding hydrogens is 272 g/mol. The topological polar surface area (TPSA) is 208 Å². The molecule has 0 atom stereocenters. The Morgan fingerprint density at radius 1 is 0.800 bits per heavy atom. The zero-order valence-corrected chi connectivity index (χ0v) is 11.1. The van der Waals surface area contributed by atoms with E-state index in [0.29, 0.717) is 26.4 Å². The Balaban J connectivity index is -0.000000244. The monoisotopic (exact) mass is 294 g/mol. The number of nitrogens with zero attached hydrogens (tertiary/aromatic N) is 4. The molecule has 0 saturated carbocycles. The molecule has 20 heavy (non-hydrogen) atoms. The van der Waals surface area contributed by atoms with Crippen molar-refractivity contribution >= 4 is 12.7 Å². The number of ether oxygens (including phenoxy) is 2. The van der Waals surface area contributed by atoms with Crippen LogP contribution in [0.25, 0.3) is 0 Å². The molecule has 0 amide bonds. The Hall–Kier alpha value is -2.02. The van der Waals surface area contributed by atoms with E-state index < -0.39 is 0 Å². The lowest BCUT2D eigenvalue weighted by molar-refractivity contribution is 0.0222. The quantitative estimate of drug-likeness (QED) is 0.0770. The number of hydrazone groups is 2. The summed E-state index contributed by atoms with van der Waals surface area (Å²) in [6.45, 7) is 1.73. The average Bonchev–Trinajstić information content (AvgIpc) is 2.46. The fourth-order valence-corrected chi connectivity index (χ4v) is 0.518. The van der Waals surface area contributed by atoms with Crippen LogP contribution in [0.3, 0.4) is 0 Å². The normalized spacial score (nSPS) is 9.50. The summed E-state index contributed by atoms with van der Waals surface area (Å²) in [4.78, 5) is 0. The first-order valence-corrected chi connectivity index (χ1v) is 5.28. The maximum atomic E-state index is 8.26. The first-order chi connectivity index (χ1) is 9.74. The molecule has 8 N–H and O–H groups in total. The highest BCUT2D eigenvalue weighted by Crippen LogP contribution is 1.76. The van der Waals surface area contributed by atoms with Gasteiger partial charge in [0.25, 0.3) is 0 Å². The molecule has 0 rings (SSSR count). The van der Waals surface area contributed by atoms with Crippen LogP contribution in [0.4, 0.5) is 0 Å². The molecule has 0 aliphatic rings. The smallest absolute Gasteiger partial charge is 0.156 e. The maximum Gasteiger partial charge on any atom is 0.156 e. The van der Waals surface area contributed by atoms with E-state index in [1.165, 1.54) is 0 Å². The van der Waals surface area contributed by atoms with Crippen LogP contribution < -0.4 is 11.7 Å². The number of aliphatic hydroxyl groups is 2. The van der Waals surface area contributed by atoms with Crippen LogP contribution >= 0.6 is 0 Å². The highest BCUT2D eigenvalue weighted by atomic mass is 16.5. The molecule has 0 spiro atoms. The first-order valence-electron chi connectivity index (χ1n) is 5.28. The average molecular weight is 294 g/mol. The minimum atomic E-state index is 0.0417. The predicted octanol–water partition coefficient (Wildman–Crippen LogP) is -1.16. The lowest BCUT2D eigenvalue weighted by atomic mass is 10.7. The largest absolute Gasteiger partial charge is 0.394 e. The third kappa shape index (κ3) is 44.5. The zero-order valence-electron chi connectivity index (χ0n) is 11.1. The number of aliphatic hydroxyl groups excluding tert-OH is 2. The summed E-state index contributed by atoms with van der Waals surface area (Å²) >= 11 is 0. The summed E-state index contributed by atoms with van der Waals surface area (Å²) in [5, 5.41) is 27.7. The summed E-state index contributed by atoms with van der Waals surface area (Å²) in [7, 11) is 0. The van der Waals surface area contributed by atoms with Gasteiger partial charge in [0.05, 0.1) is 39.6 Å². The standard InChI is InChI=1S/C6H14O4.2CH4N4/c7-1-3-9-5-6-10-4-2-8;2*2-4-1-5-3/h7-8H,1-6H2;2*1-2H,3H2. The summed E-state index contributed by atoms with van der Waals surface area (Å²) in [5.74, 6) is 8.99. The van der Waals surface area contributed by atoms with E-state index in [9.17, 15) is 0 Å². The van der Waals surface area contributed by atoms with Gasteiger partial charge in [0.15, 0.2) is 12.7 Å². The number of nitrogens with two attached hydrogens (primary N) is 2. The fourth-order valence-electron chi connectivity index (χ4n) is 0.518. The van der Waals surface area contributed by atoms with E-state index in [1.54, 1.807) is 0 Å². The Morgan fingerprint density at radius 3 is 1.30 bits per heavy atom. The van der Waals surface area contributed by atoms with Crippen molar-refractivity contribution in [1.82, 2.24) is 0 Å². The van der Waals surface area contributed by atoms with Crippen molar-refractivity contribution in [2.75, 3.05) is 39.6 Å². The highest BCUT2D eigenvalue weighted by molar-refractivity contribution is 5.53. The zero-order chi connectivity index (χ0) is 15.9. The molecule has 0 heterocycles. The Morgan fingerprint density at radius 2 is 1.15 bits per heavy atom. The Bertz CT molecular complexity index is 215. The van der Waals surface area contributed by atoms with Crippen molar-refractivity contribution in [2.45, 2.75) is 0 Å². The van der Waals surface area contributed by atoms with Gasteiger partial charge in [-0.25, -0.2) is 11.1 Å². The molecule has 0 aliphatic carbocycles. The van der Waals surface area contributed by atoms with Crippen LogP contribution in [0.2, 0.25) is 0 Å². The summed E-state index contributed by atoms with van der Waals surface area (Å²) in [6, 6.07) is 0. The second-order valence-electron chi connectivity index (χ2n) is 2.46. The van der Waals surface area contributed by atoms with Gasteiger partial charge in [0, 0.05) is 0 Å². The molecule has 0 aromatic carbocycles. The SMILES string of the molecule is N=NC=NN.N=NC=NN.OCCOCCOCCO. The van der Waals surface area contributed by atoms with Crippen molar-refractivity contribution in [1.29, 1.82) is 11.1 Å². The van der Waals surface area contributed by atoms with E-state index in [4.69, 9.17) is 30.7 Å². The minimum Gasteiger partial charge on any atom is -0.394 e. The van der Waals surface area contributed by atoms with Gasteiger partial charge in [0.1, 0.15) is 0 Å². The van der Waals surface area contributed by atoms with Crippen molar-refractivity contribution in [3.8, 4) is 0 Å². The molecule has 0 saturated heterocycles.